The monoisotopic (exact) mass is 256 g/mol. The summed E-state index contributed by atoms with van der Waals surface area (Å²) in [4.78, 5) is 8.54. The van der Waals surface area contributed by atoms with Gasteiger partial charge in [-0.05, 0) is 28.5 Å². The lowest BCUT2D eigenvalue weighted by atomic mass is 10.1. The molecule has 0 radical (unpaired) electrons. The van der Waals surface area contributed by atoms with E-state index in [0.29, 0.717) is 5.82 Å². The standard InChI is InChI=1S/C13H12N4S/c14-17-11(13-15-6-2-7-16-13)10-4-1-3-9-5-8-18-12(9)10/h1-8,11,17H,14H2. The van der Waals surface area contributed by atoms with E-state index in [1.54, 1.807) is 29.8 Å². The number of nitrogens with two attached hydrogens (primary N) is 1. The highest BCUT2D eigenvalue weighted by Gasteiger charge is 2.17. The lowest BCUT2D eigenvalue weighted by molar-refractivity contribution is 0.605. The van der Waals surface area contributed by atoms with Crippen molar-refractivity contribution in [3.8, 4) is 0 Å². The maximum Gasteiger partial charge on any atom is 0.150 e. The van der Waals surface area contributed by atoms with Crippen LogP contribution in [-0.4, -0.2) is 9.97 Å². The summed E-state index contributed by atoms with van der Waals surface area (Å²) in [6.45, 7) is 0. The van der Waals surface area contributed by atoms with Crippen molar-refractivity contribution < 1.29 is 0 Å². The first-order valence-electron chi connectivity index (χ1n) is 5.59. The molecule has 0 spiro atoms. The van der Waals surface area contributed by atoms with Gasteiger partial charge in [0.2, 0.25) is 0 Å². The number of fused-ring (bicyclic) bond motifs is 1. The molecule has 0 aliphatic carbocycles. The second-order valence-electron chi connectivity index (χ2n) is 3.89. The van der Waals surface area contributed by atoms with Crippen molar-refractivity contribution in [1.29, 1.82) is 0 Å². The molecule has 3 rings (SSSR count). The number of nitrogens with zero attached hydrogens (tertiary/aromatic N) is 2. The molecule has 18 heavy (non-hydrogen) atoms. The van der Waals surface area contributed by atoms with E-state index in [1.165, 1.54) is 10.1 Å². The predicted molar refractivity (Wildman–Crippen MR) is 73.0 cm³/mol. The second-order valence-corrected chi connectivity index (χ2v) is 4.81. The first kappa shape index (κ1) is 11.3. The van der Waals surface area contributed by atoms with Gasteiger partial charge in [0.15, 0.2) is 5.82 Å². The average molecular weight is 256 g/mol. The Kier molecular flexibility index (Phi) is 3.02. The smallest absolute Gasteiger partial charge is 0.150 e. The van der Waals surface area contributed by atoms with Gasteiger partial charge in [0, 0.05) is 17.1 Å². The SMILES string of the molecule is NNC(c1ncccn1)c1cccc2ccsc12. The fraction of sp³-hybridized carbons (Fsp3) is 0.0769. The Morgan fingerprint density at radius 2 is 1.94 bits per heavy atom. The van der Waals surface area contributed by atoms with E-state index in [-0.39, 0.29) is 6.04 Å². The van der Waals surface area contributed by atoms with Crippen LogP contribution in [0.1, 0.15) is 17.4 Å². The third-order valence-electron chi connectivity index (χ3n) is 2.83. The zero-order valence-corrected chi connectivity index (χ0v) is 10.4. The van der Waals surface area contributed by atoms with E-state index in [0.717, 1.165) is 5.56 Å². The number of thiophene rings is 1. The molecule has 1 atom stereocenters. The van der Waals surface area contributed by atoms with Crippen LogP contribution >= 0.6 is 11.3 Å². The highest BCUT2D eigenvalue weighted by molar-refractivity contribution is 7.17. The molecule has 0 fully saturated rings. The van der Waals surface area contributed by atoms with Crippen LogP contribution in [0.2, 0.25) is 0 Å². The molecule has 1 unspecified atom stereocenters. The molecule has 3 N–H and O–H groups in total. The van der Waals surface area contributed by atoms with Crippen molar-refractivity contribution in [2.75, 3.05) is 0 Å². The molecule has 0 amide bonds. The lowest BCUT2D eigenvalue weighted by Gasteiger charge is -2.15. The van der Waals surface area contributed by atoms with E-state index >= 15 is 0 Å². The van der Waals surface area contributed by atoms with Gasteiger partial charge < -0.3 is 0 Å². The fourth-order valence-corrected chi connectivity index (χ4v) is 2.95. The van der Waals surface area contributed by atoms with Crippen LogP contribution in [-0.2, 0) is 0 Å². The molecule has 4 nitrogen and oxygen atoms in total. The number of hydrogen-bond acceptors (Lipinski definition) is 5. The van der Waals surface area contributed by atoms with Crippen molar-refractivity contribution >= 4 is 21.4 Å². The molecule has 1 aromatic carbocycles. The Balaban J connectivity index is 2.15. The van der Waals surface area contributed by atoms with Crippen LogP contribution in [0.5, 0.6) is 0 Å². The van der Waals surface area contributed by atoms with Crippen molar-refractivity contribution in [3.63, 3.8) is 0 Å². The number of benzene rings is 1. The van der Waals surface area contributed by atoms with Gasteiger partial charge in [-0.3, -0.25) is 5.84 Å². The van der Waals surface area contributed by atoms with Gasteiger partial charge in [0.05, 0.1) is 0 Å². The number of aromatic nitrogens is 2. The Hall–Kier alpha value is -1.82. The van der Waals surface area contributed by atoms with Gasteiger partial charge >= 0.3 is 0 Å². The minimum atomic E-state index is -0.187. The van der Waals surface area contributed by atoms with Gasteiger partial charge in [0.1, 0.15) is 6.04 Å². The van der Waals surface area contributed by atoms with Crippen molar-refractivity contribution in [3.05, 3.63) is 59.5 Å². The highest BCUT2D eigenvalue weighted by atomic mass is 32.1. The van der Waals surface area contributed by atoms with Crippen LogP contribution in [0.15, 0.2) is 48.1 Å². The molecule has 0 aliphatic rings. The summed E-state index contributed by atoms with van der Waals surface area (Å²) < 4.78 is 1.22. The zero-order valence-electron chi connectivity index (χ0n) is 9.58. The van der Waals surface area contributed by atoms with E-state index in [1.807, 2.05) is 6.07 Å². The second kappa shape index (κ2) is 4.81. The summed E-state index contributed by atoms with van der Waals surface area (Å²) in [7, 11) is 0. The van der Waals surface area contributed by atoms with Gasteiger partial charge in [-0.25, -0.2) is 15.4 Å². The van der Waals surface area contributed by atoms with Crippen LogP contribution in [0.3, 0.4) is 0 Å². The molecule has 0 saturated heterocycles. The molecule has 0 saturated carbocycles. The Morgan fingerprint density at radius 1 is 1.11 bits per heavy atom. The van der Waals surface area contributed by atoms with E-state index in [2.05, 4.69) is 39.0 Å². The van der Waals surface area contributed by atoms with E-state index in [4.69, 9.17) is 5.84 Å². The molecule has 90 valence electrons. The first-order chi connectivity index (χ1) is 8.90. The zero-order chi connectivity index (χ0) is 12.4. The van der Waals surface area contributed by atoms with E-state index in [9.17, 15) is 0 Å². The topological polar surface area (TPSA) is 63.8 Å². The fourth-order valence-electron chi connectivity index (χ4n) is 2.01. The van der Waals surface area contributed by atoms with Crippen LogP contribution < -0.4 is 11.3 Å². The quantitative estimate of drug-likeness (QED) is 0.557. The average Bonchev–Trinajstić information content (AvgIpc) is 2.90. The summed E-state index contributed by atoms with van der Waals surface area (Å²) in [5.74, 6) is 6.35. The van der Waals surface area contributed by atoms with Crippen molar-refractivity contribution in [1.82, 2.24) is 15.4 Å². The predicted octanol–water partition coefficient (Wildman–Crippen LogP) is 2.24. The number of hydrogen-bond donors (Lipinski definition) is 2. The normalized spacial score (nSPS) is 12.7. The van der Waals surface area contributed by atoms with Gasteiger partial charge in [-0.1, -0.05) is 18.2 Å². The largest absolute Gasteiger partial charge is 0.270 e. The Morgan fingerprint density at radius 3 is 2.72 bits per heavy atom. The Labute approximate surface area is 108 Å². The van der Waals surface area contributed by atoms with E-state index < -0.39 is 0 Å². The number of nitrogens with one attached hydrogen (secondary N) is 1. The molecule has 0 aliphatic heterocycles. The van der Waals surface area contributed by atoms with Crippen molar-refractivity contribution in [2.24, 2.45) is 5.84 Å². The van der Waals surface area contributed by atoms with Gasteiger partial charge in [0.25, 0.3) is 0 Å². The number of hydrazine groups is 1. The minimum absolute atomic E-state index is 0.187. The first-order valence-corrected chi connectivity index (χ1v) is 6.47. The minimum Gasteiger partial charge on any atom is -0.270 e. The molecule has 5 heteroatoms. The molecule has 2 heterocycles. The third kappa shape index (κ3) is 1.88. The molecule has 2 aromatic heterocycles. The van der Waals surface area contributed by atoms with Crippen molar-refractivity contribution in [2.45, 2.75) is 6.04 Å². The van der Waals surface area contributed by atoms with Gasteiger partial charge in [-0.2, -0.15) is 0 Å². The lowest BCUT2D eigenvalue weighted by Crippen LogP contribution is -2.30. The van der Waals surface area contributed by atoms with Crippen LogP contribution in [0.25, 0.3) is 10.1 Å². The Bertz CT molecular complexity index is 650. The molecule has 3 aromatic rings. The van der Waals surface area contributed by atoms with Crippen LogP contribution in [0.4, 0.5) is 0 Å². The third-order valence-corrected chi connectivity index (χ3v) is 3.81. The summed E-state index contributed by atoms with van der Waals surface area (Å²) in [6, 6.07) is 9.88. The molecule has 0 bridgehead atoms. The summed E-state index contributed by atoms with van der Waals surface area (Å²) >= 11 is 1.70. The maximum atomic E-state index is 5.67. The molecular formula is C13H12N4S. The summed E-state index contributed by atoms with van der Waals surface area (Å²) in [5, 5.41) is 3.29. The van der Waals surface area contributed by atoms with Crippen LogP contribution in [0, 0.1) is 0 Å². The molecular weight excluding hydrogens is 244 g/mol. The highest BCUT2D eigenvalue weighted by Crippen LogP contribution is 2.30. The van der Waals surface area contributed by atoms with Gasteiger partial charge in [-0.15, -0.1) is 11.3 Å². The summed E-state index contributed by atoms with van der Waals surface area (Å²) in [6.07, 6.45) is 3.45. The number of rotatable bonds is 3. The summed E-state index contributed by atoms with van der Waals surface area (Å²) in [5.41, 5.74) is 3.91. The maximum absolute atomic E-state index is 5.67.